The van der Waals surface area contributed by atoms with Gasteiger partial charge < -0.3 is 24.7 Å². The van der Waals surface area contributed by atoms with Crippen LogP contribution in [-0.2, 0) is 31.1 Å². The number of oxazole rings is 1. The van der Waals surface area contributed by atoms with E-state index in [0.717, 1.165) is 33.6 Å². The lowest BCUT2D eigenvalue weighted by Gasteiger charge is -2.25. The number of nitrogens with two attached hydrogens (primary N) is 1. The van der Waals surface area contributed by atoms with Crippen molar-refractivity contribution in [2.45, 2.75) is 52.6 Å². The number of ether oxygens (including phenoxy) is 2. The van der Waals surface area contributed by atoms with Crippen LogP contribution < -0.4 is 15.2 Å². The average Bonchev–Trinajstić information content (AvgIpc) is 3.48. The van der Waals surface area contributed by atoms with Gasteiger partial charge in [-0.05, 0) is 43.5 Å². The molecule has 8 heteroatoms. The number of benzene rings is 4. The Morgan fingerprint density at radius 3 is 2.26 bits per heavy atom. The highest BCUT2D eigenvalue weighted by Crippen LogP contribution is 2.32. The van der Waals surface area contributed by atoms with Gasteiger partial charge in [-0.25, -0.2) is 4.98 Å². The molecule has 5 rings (SSSR count). The van der Waals surface area contributed by atoms with Crippen LogP contribution in [0.2, 0.25) is 0 Å². The highest BCUT2D eigenvalue weighted by Gasteiger charge is 2.20. The second-order valence-electron chi connectivity index (χ2n) is 10.9. The summed E-state index contributed by atoms with van der Waals surface area (Å²) in [4.78, 5) is 18.1. The number of aryl methyl sites for hydroxylation is 2. The number of carboxylic acids is 1. The lowest BCUT2D eigenvalue weighted by Crippen LogP contribution is -2.35. The molecule has 4 aromatic carbocycles. The van der Waals surface area contributed by atoms with E-state index in [-0.39, 0.29) is 6.42 Å². The summed E-state index contributed by atoms with van der Waals surface area (Å²) in [5.74, 6) is 0.400. The van der Waals surface area contributed by atoms with Gasteiger partial charge in [0.2, 0.25) is 0 Å². The van der Waals surface area contributed by atoms with Crippen LogP contribution in [0.25, 0.3) is 11.1 Å². The second-order valence-corrected chi connectivity index (χ2v) is 10.9. The SMILES string of the molecule is Cc1cccc(COc2ccccc2CN(CC[C@H](N)C(=O)O)Cc2ccc3ocnc3c2OCc2cccc(C)c2)c1. The van der Waals surface area contributed by atoms with Gasteiger partial charge in [-0.15, -0.1) is 0 Å². The molecule has 0 fully saturated rings. The largest absolute Gasteiger partial charge is 0.489 e. The maximum Gasteiger partial charge on any atom is 0.320 e. The smallest absolute Gasteiger partial charge is 0.320 e. The minimum absolute atomic E-state index is 0.285. The summed E-state index contributed by atoms with van der Waals surface area (Å²) in [7, 11) is 0. The molecule has 5 aromatic rings. The monoisotopic (exact) mass is 579 g/mol. The molecular formula is C35H37N3O5. The first kappa shape index (κ1) is 29.8. The molecule has 3 N–H and O–H groups in total. The summed E-state index contributed by atoms with van der Waals surface area (Å²) in [6.45, 7) is 6.38. The van der Waals surface area contributed by atoms with E-state index >= 15 is 0 Å². The van der Waals surface area contributed by atoms with E-state index in [4.69, 9.17) is 19.6 Å². The fraction of sp³-hybridized carbons (Fsp3) is 0.257. The molecule has 1 aromatic heterocycles. The Hall–Kier alpha value is -4.66. The molecule has 0 bridgehead atoms. The van der Waals surface area contributed by atoms with Crippen molar-refractivity contribution < 1.29 is 23.8 Å². The van der Waals surface area contributed by atoms with Crippen molar-refractivity contribution >= 4 is 17.1 Å². The zero-order valence-corrected chi connectivity index (χ0v) is 24.5. The van der Waals surface area contributed by atoms with E-state index in [1.807, 2.05) is 60.7 Å². The van der Waals surface area contributed by atoms with Crippen molar-refractivity contribution in [3.63, 3.8) is 0 Å². The topological polar surface area (TPSA) is 111 Å². The molecule has 0 aliphatic carbocycles. The molecule has 0 spiro atoms. The van der Waals surface area contributed by atoms with Gasteiger partial charge in [0.25, 0.3) is 0 Å². The van der Waals surface area contributed by atoms with E-state index in [9.17, 15) is 9.90 Å². The van der Waals surface area contributed by atoms with Crippen molar-refractivity contribution in [1.29, 1.82) is 0 Å². The Bertz CT molecular complexity index is 1680. The maximum absolute atomic E-state index is 11.5. The van der Waals surface area contributed by atoms with Gasteiger partial charge >= 0.3 is 5.97 Å². The number of aliphatic carboxylic acids is 1. The van der Waals surface area contributed by atoms with Crippen LogP contribution in [0.15, 0.2) is 95.7 Å². The summed E-state index contributed by atoms with van der Waals surface area (Å²) < 4.78 is 18.2. The number of rotatable bonds is 14. The van der Waals surface area contributed by atoms with Crippen LogP contribution in [-0.4, -0.2) is 33.5 Å². The molecule has 222 valence electrons. The van der Waals surface area contributed by atoms with Crippen molar-refractivity contribution in [2.24, 2.45) is 5.73 Å². The van der Waals surface area contributed by atoms with E-state index in [1.54, 1.807) is 0 Å². The number of nitrogens with zero attached hydrogens (tertiary/aromatic N) is 2. The maximum atomic E-state index is 11.5. The molecule has 0 saturated carbocycles. The molecule has 0 radical (unpaired) electrons. The Labute approximate surface area is 251 Å². The number of para-hydroxylation sites is 1. The Morgan fingerprint density at radius 1 is 0.884 bits per heavy atom. The summed E-state index contributed by atoms with van der Waals surface area (Å²) in [5, 5.41) is 9.45. The van der Waals surface area contributed by atoms with E-state index in [2.05, 4.69) is 48.0 Å². The quantitative estimate of drug-likeness (QED) is 0.155. The molecule has 1 heterocycles. The Balaban J connectivity index is 1.40. The predicted molar refractivity (Wildman–Crippen MR) is 166 cm³/mol. The third-order valence-corrected chi connectivity index (χ3v) is 7.31. The van der Waals surface area contributed by atoms with Crippen LogP contribution in [0.4, 0.5) is 0 Å². The highest BCUT2D eigenvalue weighted by atomic mass is 16.5. The minimum Gasteiger partial charge on any atom is -0.489 e. The fourth-order valence-corrected chi connectivity index (χ4v) is 5.07. The molecule has 1 atom stereocenters. The number of carboxylic acid groups (broad SMARTS) is 1. The van der Waals surface area contributed by atoms with Gasteiger partial charge in [-0.1, -0.05) is 83.9 Å². The van der Waals surface area contributed by atoms with E-state index in [1.165, 1.54) is 12.0 Å². The normalized spacial score (nSPS) is 12.0. The molecule has 0 amide bonds. The number of hydrogen-bond donors (Lipinski definition) is 2. The lowest BCUT2D eigenvalue weighted by molar-refractivity contribution is -0.138. The first-order valence-corrected chi connectivity index (χ1v) is 14.4. The van der Waals surface area contributed by atoms with Crippen LogP contribution in [0, 0.1) is 13.8 Å². The van der Waals surface area contributed by atoms with Gasteiger partial charge in [-0.3, -0.25) is 9.69 Å². The van der Waals surface area contributed by atoms with Crippen LogP contribution in [0.3, 0.4) is 0 Å². The van der Waals surface area contributed by atoms with Crippen molar-refractivity contribution in [1.82, 2.24) is 9.88 Å². The van der Waals surface area contributed by atoms with Crippen LogP contribution >= 0.6 is 0 Å². The van der Waals surface area contributed by atoms with Crippen molar-refractivity contribution in [3.8, 4) is 11.5 Å². The first-order chi connectivity index (χ1) is 20.9. The van der Waals surface area contributed by atoms with E-state index in [0.29, 0.717) is 49.7 Å². The summed E-state index contributed by atoms with van der Waals surface area (Å²) in [6.07, 6.45) is 1.70. The average molecular weight is 580 g/mol. The molecule has 0 aliphatic heterocycles. The van der Waals surface area contributed by atoms with E-state index < -0.39 is 12.0 Å². The van der Waals surface area contributed by atoms with Crippen molar-refractivity contribution in [2.75, 3.05) is 6.54 Å². The number of aromatic nitrogens is 1. The van der Waals surface area contributed by atoms with Gasteiger partial charge in [-0.2, -0.15) is 0 Å². The van der Waals surface area contributed by atoms with Gasteiger partial charge in [0.1, 0.15) is 25.0 Å². The Kier molecular flexibility index (Phi) is 9.71. The second kappa shape index (κ2) is 14.0. The number of carbonyl (C=O) groups is 1. The van der Waals surface area contributed by atoms with Crippen LogP contribution in [0.5, 0.6) is 11.5 Å². The summed E-state index contributed by atoms with van der Waals surface area (Å²) in [5.41, 5.74) is 13.6. The fourth-order valence-electron chi connectivity index (χ4n) is 5.07. The van der Waals surface area contributed by atoms with Gasteiger partial charge in [0.05, 0.1) is 0 Å². The van der Waals surface area contributed by atoms with Gasteiger partial charge in [0.15, 0.2) is 23.2 Å². The standard InChI is InChI=1S/C35H37N3O5/c1-24-7-5-9-26(17-24)21-41-31-12-4-3-11-28(31)19-38(16-15-30(36)35(39)40)20-29-13-14-32-33(37-23-43-32)34(29)42-22-27-10-6-8-25(2)18-27/h3-14,17-18,23,30H,15-16,19-22,36H2,1-2H3,(H,39,40)/t30-/m0/s1. The number of fused-ring (bicyclic) bond motifs is 1. The van der Waals surface area contributed by atoms with Crippen molar-refractivity contribution in [3.05, 3.63) is 125 Å². The molecule has 0 saturated heterocycles. The predicted octanol–water partition coefficient (Wildman–Crippen LogP) is 6.41. The number of hydrogen-bond acceptors (Lipinski definition) is 7. The minimum atomic E-state index is -1.02. The highest BCUT2D eigenvalue weighted by molar-refractivity contribution is 5.81. The van der Waals surface area contributed by atoms with Gasteiger partial charge in [0, 0.05) is 30.8 Å². The summed E-state index contributed by atoms with van der Waals surface area (Å²) in [6, 6.07) is 27.3. The molecule has 43 heavy (non-hydrogen) atoms. The Morgan fingerprint density at radius 2 is 1.56 bits per heavy atom. The third-order valence-electron chi connectivity index (χ3n) is 7.31. The first-order valence-electron chi connectivity index (χ1n) is 14.4. The zero-order chi connectivity index (χ0) is 30.2. The summed E-state index contributed by atoms with van der Waals surface area (Å²) >= 11 is 0. The molecule has 8 nitrogen and oxygen atoms in total. The molecular weight excluding hydrogens is 542 g/mol. The van der Waals surface area contributed by atoms with Crippen LogP contribution in [0.1, 0.15) is 39.8 Å². The third kappa shape index (κ3) is 8.00. The lowest BCUT2D eigenvalue weighted by atomic mass is 10.1. The zero-order valence-electron chi connectivity index (χ0n) is 24.5. The molecule has 0 unspecified atom stereocenters. The molecule has 0 aliphatic rings.